The first-order chi connectivity index (χ1) is 9.08. The summed E-state index contributed by atoms with van der Waals surface area (Å²) in [5, 5.41) is 2.27. The normalized spacial score (nSPS) is 11.9. The molecule has 0 spiro atoms. The van der Waals surface area contributed by atoms with E-state index in [1.165, 1.54) is 0 Å². The predicted octanol–water partition coefficient (Wildman–Crippen LogP) is 2.60. The van der Waals surface area contributed by atoms with E-state index in [2.05, 4.69) is 5.32 Å². The lowest BCUT2D eigenvalue weighted by Crippen LogP contribution is -2.28. The summed E-state index contributed by atoms with van der Waals surface area (Å²) in [7, 11) is 0. The van der Waals surface area contributed by atoms with Gasteiger partial charge in [0, 0.05) is 6.07 Å². The highest BCUT2D eigenvalue weighted by Gasteiger charge is 2.17. The van der Waals surface area contributed by atoms with Crippen molar-refractivity contribution in [2.75, 3.05) is 5.32 Å². The molecule has 2 aromatic carbocycles. The van der Waals surface area contributed by atoms with Crippen molar-refractivity contribution in [2.45, 2.75) is 6.04 Å². The van der Waals surface area contributed by atoms with E-state index in [-0.39, 0.29) is 5.69 Å². The van der Waals surface area contributed by atoms with Gasteiger partial charge >= 0.3 is 0 Å². The Morgan fingerprint density at radius 3 is 2.47 bits per heavy atom. The van der Waals surface area contributed by atoms with Gasteiger partial charge in [-0.25, -0.2) is 8.78 Å². The Hall–Kier alpha value is -2.27. The van der Waals surface area contributed by atoms with Gasteiger partial charge < -0.3 is 11.1 Å². The van der Waals surface area contributed by atoms with Gasteiger partial charge in [0.15, 0.2) is 0 Å². The standard InChI is InChI=1S/C14H12F2N2O/c15-10-6-7-11(16)12(8-10)18-14(19)13(17)9-4-2-1-3-5-9/h1-8,13H,17H2,(H,18,19)/t13-/m0/s1. The zero-order valence-electron chi connectivity index (χ0n) is 9.94. The predicted molar refractivity (Wildman–Crippen MR) is 68.4 cm³/mol. The highest BCUT2D eigenvalue weighted by atomic mass is 19.1. The Bertz CT molecular complexity index is 587. The summed E-state index contributed by atoms with van der Waals surface area (Å²) in [5.74, 6) is -1.95. The van der Waals surface area contributed by atoms with Crippen molar-refractivity contribution in [1.82, 2.24) is 0 Å². The third-order valence-electron chi connectivity index (χ3n) is 2.63. The summed E-state index contributed by atoms with van der Waals surface area (Å²) in [6.45, 7) is 0. The fourth-order valence-corrected chi connectivity index (χ4v) is 1.62. The van der Waals surface area contributed by atoms with E-state index in [1.807, 2.05) is 0 Å². The van der Waals surface area contributed by atoms with Gasteiger partial charge in [0.1, 0.15) is 17.7 Å². The molecule has 3 nitrogen and oxygen atoms in total. The SMILES string of the molecule is N[C@H](C(=O)Nc1cc(F)ccc1F)c1ccccc1. The third kappa shape index (κ3) is 3.14. The van der Waals surface area contributed by atoms with Crippen molar-refractivity contribution in [3.8, 4) is 0 Å². The second-order valence-electron chi connectivity index (χ2n) is 4.00. The van der Waals surface area contributed by atoms with Crippen molar-refractivity contribution in [1.29, 1.82) is 0 Å². The van der Waals surface area contributed by atoms with Crippen LogP contribution in [0.25, 0.3) is 0 Å². The molecule has 0 saturated carbocycles. The first-order valence-electron chi connectivity index (χ1n) is 5.64. The number of hydrogen-bond donors (Lipinski definition) is 2. The number of hydrogen-bond acceptors (Lipinski definition) is 2. The highest BCUT2D eigenvalue weighted by Crippen LogP contribution is 2.18. The average Bonchev–Trinajstić information content (AvgIpc) is 2.43. The molecule has 0 aliphatic carbocycles. The molecule has 2 aromatic rings. The fourth-order valence-electron chi connectivity index (χ4n) is 1.62. The minimum absolute atomic E-state index is 0.226. The van der Waals surface area contributed by atoms with Crippen LogP contribution in [0.4, 0.5) is 14.5 Å². The maximum absolute atomic E-state index is 13.4. The van der Waals surface area contributed by atoms with Crippen LogP contribution in [0.2, 0.25) is 0 Å². The Labute approximate surface area is 109 Å². The molecule has 1 amide bonds. The van der Waals surface area contributed by atoms with Gasteiger partial charge in [-0.3, -0.25) is 4.79 Å². The van der Waals surface area contributed by atoms with Crippen LogP contribution in [0.1, 0.15) is 11.6 Å². The van der Waals surface area contributed by atoms with Gasteiger partial charge in [0.2, 0.25) is 5.91 Å². The van der Waals surface area contributed by atoms with E-state index >= 15 is 0 Å². The molecule has 2 rings (SSSR count). The van der Waals surface area contributed by atoms with Crippen molar-refractivity contribution in [2.24, 2.45) is 5.73 Å². The molecule has 0 unspecified atom stereocenters. The second kappa shape index (κ2) is 5.58. The first-order valence-corrected chi connectivity index (χ1v) is 5.64. The third-order valence-corrected chi connectivity index (χ3v) is 2.63. The fraction of sp³-hybridized carbons (Fsp3) is 0.0714. The number of amides is 1. The lowest BCUT2D eigenvalue weighted by Gasteiger charge is -2.13. The smallest absolute Gasteiger partial charge is 0.245 e. The molecule has 0 aliphatic rings. The number of carbonyl (C=O) groups excluding carboxylic acids is 1. The Balaban J connectivity index is 2.15. The largest absolute Gasteiger partial charge is 0.322 e. The maximum Gasteiger partial charge on any atom is 0.245 e. The lowest BCUT2D eigenvalue weighted by atomic mass is 10.1. The molecule has 19 heavy (non-hydrogen) atoms. The van der Waals surface area contributed by atoms with Gasteiger partial charge in [-0.05, 0) is 17.7 Å². The molecule has 5 heteroatoms. The quantitative estimate of drug-likeness (QED) is 0.893. The maximum atomic E-state index is 13.4. The lowest BCUT2D eigenvalue weighted by molar-refractivity contribution is -0.117. The van der Waals surface area contributed by atoms with Gasteiger partial charge in [-0.1, -0.05) is 30.3 Å². The van der Waals surface area contributed by atoms with Crippen LogP contribution in [0.15, 0.2) is 48.5 Å². The summed E-state index contributed by atoms with van der Waals surface area (Å²) >= 11 is 0. The van der Waals surface area contributed by atoms with Gasteiger partial charge in [-0.2, -0.15) is 0 Å². The Morgan fingerprint density at radius 1 is 1.11 bits per heavy atom. The van der Waals surface area contributed by atoms with Crippen LogP contribution in [0.5, 0.6) is 0 Å². The molecule has 0 aromatic heterocycles. The summed E-state index contributed by atoms with van der Waals surface area (Å²) in [6.07, 6.45) is 0. The van der Waals surface area contributed by atoms with Crippen LogP contribution in [-0.4, -0.2) is 5.91 Å². The van der Waals surface area contributed by atoms with Crippen LogP contribution in [-0.2, 0) is 4.79 Å². The minimum Gasteiger partial charge on any atom is -0.322 e. The van der Waals surface area contributed by atoms with Gasteiger partial charge in [0.05, 0.1) is 5.69 Å². The zero-order valence-corrected chi connectivity index (χ0v) is 9.94. The Morgan fingerprint density at radius 2 is 1.79 bits per heavy atom. The van der Waals surface area contributed by atoms with Crippen molar-refractivity contribution in [3.63, 3.8) is 0 Å². The molecular formula is C14H12F2N2O. The van der Waals surface area contributed by atoms with Gasteiger partial charge in [-0.15, -0.1) is 0 Å². The molecule has 0 heterocycles. The molecular weight excluding hydrogens is 250 g/mol. The van der Waals surface area contributed by atoms with E-state index in [1.54, 1.807) is 30.3 Å². The summed E-state index contributed by atoms with van der Waals surface area (Å²) in [5.41, 5.74) is 6.11. The highest BCUT2D eigenvalue weighted by molar-refractivity contribution is 5.95. The monoisotopic (exact) mass is 262 g/mol. The van der Waals surface area contributed by atoms with E-state index in [0.29, 0.717) is 5.56 Å². The zero-order chi connectivity index (χ0) is 13.8. The molecule has 0 saturated heterocycles. The van der Waals surface area contributed by atoms with E-state index in [9.17, 15) is 13.6 Å². The number of rotatable bonds is 3. The average molecular weight is 262 g/mol. The first kappa shape index (κ1) is 13.2. The number of nitrogens with two attached hydrogens (primary N) is 1. The second-order valence-corrected chi connectivity index (χ2v) is 4.00. The Kier molecular flexibility index (Phi) is 3.87. The van der Waals surface area contributed by atoms with Crippen molar-refractivity contribution < 1.29 is 13.6 Å². The number of benzene rings is 2. The van der Waals surface area contributed by atoms with Crippen LogP contribution in [0.3, 0.4) is 0 Å². The van der Waals surface area contributed by atoms with E-state index in [0.717, 1.165) is 18.2 Å². The summed E-state index contributed by atoms with van der Waals surface area (Å²) in [6, 6.07) is 10.5. The minimum atomic E-state index is -0.941. The van der Waals surface area contributed by atoms with Crippen LogP contribution < -0.4 is 11.1 Å². The number of halogens is 2. The topological polar surface area (TPSA) is 55.1 Å². The molecule has 1 atom stereocenters. The van der Waals surface area contributed by atoms with Crippen molar-refractivity contribution >= 4 is 11.6 Å². The van der Waals surface area contributed by atoms with Gasteiger partial charge in [0.25, 0.3) is 0 Å². The summed E-state index contributed by atoms with van der Waals surface area (Å²) < 4.78 is 26.3. The van der Waals surface area contributed by atoms with Crippen LogP contribution in [0, 0.1) is 11.6 Å². The molecule has 0 radical (unpaired) electrons. The molecule has 3 N–H and O–H groups in total. The number of anilines is 1. The summed E-state index contributed by atoms with van der Waals surface area (Å²) in [4.78, 5) is 11.9. The molecule has 0 fully saturated rings. The van der Waals surface area contributed by atoms with E-state index in [4.69, 9.17) is 5.73 Å². The molecule has 0 bridgehead atoms. The molecule has 98 valence electrons. The van der Waals surface area contributed by atoms with Crippen LogP contribution >= 0.6 is 0 Å². The van der Waals surface area contributed by atoms with E-state index < -0.39 is 23.6 Å². The molecule has 0 aliphatic heterocycles. The number of carbonyl (C=O) groups is 1. The van der Waals surface area contributed by atoms with Crippen molar-refractivity contribution in [3.05, 3.63) is 65.7 Å². The number of nitrogens with one attached hydrogen (secondary N) is 1.